The Morgan fingerprint density at radius 3 is 2.48 bits per heavy atom. The van der Waals surface area contributed by atoms with E-state index in [9.17, 15) is 14.4 Å². The molecule has 0 aliphatic carbocycles. The Hall–Kier alpha value is -2.27. The molecule has 0 saturated heterocycles. The number of fused-ring (bicyclic) bond motifs is 1. The maximum Gasteiger partial charge on any atom is 0.266 e. The minimum atomic E-state index is -0.412. The van der Waals surface area contributed by atoms with E-state index in [4.69, 9.17) is 0 Å². The number of hydrogen-bond acceptors (Lipinski definition) is 3. The Morgan fingerprint density at radius 1 is 1.05 bits per heavy atom. The molecule has 0 unspecified atom stereocenters. The molecule has 1 aliphatic heterocycles. The molecular weight excluding hydrogens is 334 g/mol. The third-order valence-corrected chi connectivity index (χ3v) is 4.00. The first-order valence-corrected chi connectivity index (χ1v) is 7.07. The Kier molecular flexibility index (Phi) is 3.22. The Balaban J connectivity index is 2.19. The SMILES string of the molecule is Cc1cccc(N2C(=O)c3ccc(Br)cc3C2=O)c1C=O. The zero-order valence-corrected chi connectivity index (χ0v) is 12.7. The van der Waals surface area contributed by atoms with Crippen LogP contribution in [0.2, 0.25) is 0 Å². The number of carbonyl (C=O) groups excluding carboxylic acids is 3. The highest BCUT2D eigenvalue weighted by Crippen LogP contribution is 2.32. The van der Waals surface area contributed by atoms with Gasteiger partial charge in [0.05, 0.1) is 16.8 Å². The molecule has 2 aromatic rings. The Labute approximate surface area is 129 Å². The van der Waals surface area contributed by atoms with Crippen LogP contribution in [0.15, 0.2) is 40.9 Å². The number of anilines is 1. The lowest BCUT2D eigenvalue weighted by Gasteiger charge is -2.17. The molecule has 0 bridgehead atoms. The van der Waals surface area contributed by atoms with Crippen molar-refractivity contribution in [3.63, 3.8) is 0 Å². The van der Waals surface area contributed by atoms with E-state index in [-0.39, 0.29) is 0 Å². The quantitative estimate of drug-likeness (QED) is 0.620. The highest BCUT2D eigenvalue weighted by atomic mass is 79.9. The van der Waals surface area contributed by atoms with Gasteiger partial charge in [0.15, 0.2) is 6.29 Å². The largest absolute Gasteiger partial charge is 0.298 e. The van der Waals surface area contributed by atoms with Gasteiger partial charge in [-0.25, -0.2) is 4.90 Å². The third-order valence-electron chi connectivity index (χ3n) is 3.51. The average molecular weight is 344 g/mol. The fraction of sp³-hybridized carbons (Fsp3) is 0.0625. The lowest BCUT2D eigenvalue weighted by Crippen LogP contribution is -2.30. The topological polar surface area (TPSA) is 54.5 Å². The number of amides is 2. The van der Waals surface area contributed by atoms with Crippen molar-refractivity contribution in [3.05, 3.63) is 63.1 Å². The van der Waals surface area contributed by atoms with Crippen LogP contribution in [0.25, 0.3) is 0 Å². The van der Waals surface area contributed by atoms with Crippen molar-refractivity contribution in [2.24, 2.45) is 0 Å². The number of nitrogens with zero attached hydrogens (tertiary/aromatic N) is 1. The molecule has 2 aromatic carbocycles. The molecule has 2 amide bonds. The van der Waals surface area contributed by atoms with Crippen molar-refractivity contribution in [2.75, 3.05) is 4.90 Å². The van der Waals surface area contributed by atoms with Gasteiger partial charge in [-0.15, -0.1) is 0 Å². The van der Waals surface area contributed by atoms with Gasteiger partial charge in [0.25, 0.3) is 11.8 Å². The standard InChI is InChI=1S/C16H10BrNO3/c1-9-3-2-4-14(13(9)8-19)18-15(20)11-6-5-10(17)7-12(11)16(18)21/h2-8H,1H3. The van der Waals surface area contributed by atoms with E-state index in [1.807, 2.05) is 0 Å². The van der Waals surface area contributed by atoms with E-state index < -0.39 is 11.8 Å². The highest BCUT2D eigenvalue weighted by molar-refractivity contribution is 9.10. The van der Waals surface area contributed by atoms with Gasteiger partial charge in [-0.1, -0.05) is 28.1 Å². The van der Waals surface area contributed by atoms with Crippen molar-refractivity contribution in [2.45, 2.75) is 6.92 Å². The second-order valence-corrected chi connectivity index (χ2v) is 5.68. The number of hydrogen-bond donors (Lipinski definition) is 0. The summed E-state index contributed by atoms with van der Waals surface area (Å²) in [6.07, 6.45) is 0.671. The van der Waals surface area contributed by atoms with Gasteiger partial charge in [0.2, 0.25) is 0 Å². The van der Waals surface area contributed by atoms with Crippen molar-refractivity contribution in [1.29, 1.82) is 0 Å². The normalized spacial score (nSPS) is 13.5. The molecule has 104 valence electrons. The van der Waals surface area contributed by atoms with Crippen LogP contribution in [0.5, 0.6) is 0 Å². The zero-order valence-electron chi connectivity index (χ0n) is 11.1. The lowest BCUT2D eigenvalue weighted by molar-refractivity contribution is 0.0926. The summed E-state index contributed by atoms with van der Waals surface area (Å²) in [6.45, 7) is 1.77. The van der Waals surface area contributed by atoms with E-state index in [1.165, 1.54) is 0 Å². The molecule has 0 aromatic heterocycles. The van der Waals surface area contributed by atoms with Crippen LogP contribution in [0.4, 0.5) is 5.69 Å². The van der Waals surface area contributed by atoms with Crippen LogP contribution in [0.1, 0.15) is 36.6 Å². The van der Waals surface area contributed by atoms with Crippen LogP contribution < -0.4 is 4.90 Å². The second kappa shape index (κ2) is 4.93. The monoisotopic (exact) mass is 343 g/mol. The average Bonchev–Trinajstić information content (AvgIpc) is 2.70. The lowest BCUT2D eigenvalue weighted by atomic mass is 10.1. The van der Waals surface area contributed by atoms with Crippen molar-refractivity contribution in [1.82, 2.24) is 0 Å². The maximum atomic E-state index is 12.5. The summed E-state index contributed by atoms with van der Waals surface area (Å²) >= 11 is 3.29. The Bertz CT molecular complexity index is 798. The molecule has 0 spiro atoms. The number of aryl methyl sites for hydroxylation is 1. The van der Waals surface area contributed by atoms with Gasteiger partial charge in [-0.05, 0) is 36.8 Å². The molecule has 1 aliphatic rings. The number of rotatable bonds is 2. The predicted molar refractivity (Wildman–Crippen MR) is 81.8 cm³/mol. The fourth-order valence-corrected chi connectivity index (χ4v) is 2.81. The van der Waals surface area contributed by atoms with Gasteiger partial charge in [0.1, 0.15) is 0 Å². The van der Waals surface area contributed by atoms with E-state index in [1.54, 1.807) is 43.3 Å². The van der Waals surface area contributed by atoms with E-state index in [0.29, 0.717) is 28.7 Å². The fourth-order valence-electron chi connectivity index (χ4n) is 2.45. The first-order valence-electron chi connectivity index (χ1n) is 6.27. The summed E-state index contributed by atoms with van der Waals surface area (Å²) in [5.41, 5.74) is 2.09. The number of benzene rings is 2. The summed E-state index contributed by atoms with van der Waals surface area (Å²) in [6, 6.07) is 10.0. The van der Waals surface area contributed by atoms with E-state index in [2.05, 4.69) is 15.9 Å². The molecule has 0 atom stereocenters. The van der Waals surface area contributed by atoms with Gasteiger partial charge in [-0.3, -0.25) is 14.4 Å². The summed E-state index contributed by atoms with van der Waals surface area (Å²) in [5, 5.41) is 0. The molecule has 21 heavy (non-hydrogen) atoms. The van der Waals surface area contributed by atoms with Crippen molar-refractivity contribution >= 4 is 39.7 Å². The summed E-state index contributed by atoms with van der Waals surface area (Å²) in [7, 11) is 0. The van der Waals surface area contributed by atoms with Crippen LogP contribution in [0, 0.1) is 6.92 Å². The molecule has 5 heteroatoms. The first-order chi connectivity index (χ1) is 10.0. The third kappa shape index (κ3) is 2.01. The zero-order chi connectivity index (χ0) is 15.1. The van der Waals surface area contributed by atoms with Crippen molar-refractivity contribution < 1.29 is 14.4 Å². The summed E-state index contributed by atoms with van der Waals surface area (Å²) in [5.74, 6) is -0.818. The minimum Gasteiger partial charge on any atom is -0.298 e. The van der Waals surface area contributed by atoms with Crippen molar-refractivity contribution in [3.8, 4) is 0 Å². The number of halogens is 1. The molecule has 0 N–H and O–H groups in total. The number of carbonyl (C=O) groups is 3. The van der Waals surface area contributed by atoms with Crippen LogP contribution in [-0.4, -0.2) is 18.1 Å². The van der Waals surface area contributed by atoms with Gasteiger partial charge >= 0.3 is 0 Å². The van der Waals surface area contributed by atoms with E-state index in [0.717, 1.165) is 14.9 Å². The smallest absolute Gasteiger partial charge is 0.266 e. The molecule has 0 saturated carbocycles. The minimum absolute atomic E-state index is 0.326. The number of imide groups is 1. The maximum absolute atomic E-state index is 12.5. The summed E-state index contributed by atoms with van der Waals surface area (Å²) < 4.78 is 0.726. The Morgan fingerprint density at radius 2 is 1.76 bits per heavy atom. The number of aldehydes is 1. The first kappa shape index (κ1) is 13.7. The van der Waals surface area contributed by atoms with Crippen LogP contribution >= 0.6 is 15.9 Å². The van der Waals surface area contributed by atoms with Crippen LogP contribution in [0.3, 0.4) is 0 Å². The van der Waals surface area contributed by atoms with Gasteiger partial charge in [-0.2, -0.15) is 0 Å². The predicted octanol–water partition coefficient (Wildman–Crippen LogP) is 3.37. The second-order valence-electron chi connectivity index (χ2n) is 4.76. The molecular formula is C16H10BrNO3. The van der Waals surface area contributed by atoms with E-state index >= 15 is 0 Å². The van der Waals surface area contributed by atoms with Gasteiger partial charge < -0.3 is 0 Å². The molecule has 1 heterocycles. The molecule has 4 nitrogen and oxygen atoms in total. The molecule has 3 rings (SSSR count). The summed E-state index contributed by atoms with van der Waals surface area (Å²) in [4.78, 5) is 37.3. The van der Waals surface area contributed by atoms with Gasteiger partial charge in [0, 0.05) is 10.0 Å². The molecule has 0 fully saturated rings. The van der Waals surface area contributed by atoms with Crippen LogP contribution in [-0.2, 0) is 0 Å². The molecule has 0 radical (unpaired) electrons. The highest BCUT2D eigenvalue weighted by Gasteiger charge is 2.37.